The summed E-state index contributed by atoms with van der Waals surface area (Å²) in [7, 11) is -4.23. The quantitative estimate of drug-likeness (QED) is 0.126. The van der Waals surface area contributed by atoms with Crippen molar-refractivity contribution in [1.82, 2.24) is 10.2 Å². The molecule has 0 aromatic heterocycles. The molecule has 0 radical (unpaired) electrons. The summed E-state index contributed by atoms with van der Waals surface area (Å²) in [6.45, 7) is 1.48. The topological polar surface area (TPSA) is 96.0 Å². The zero-order valence-corrected chi connectivity index (χ0v) is 30.3. The Labute approximate surface area is 307 Å². The Morgan fingerprint density at radius 2 is 1.27 bits per heavy atom. The zero-order chi connectivity index (χ0) is 36.3. The van der Waals surface area contributed by atoms with E-state index in [1.54, 1.807) is 53.4 Å². The fraction of sp³-hybridized carbons (Fsp3) is 0.256. The molecule has 1 N–H and O–H groups in total. The summed E-state index contributed by atoms with van der Waals surface area (Å²) in [5, 5.41) is 3.25. The van der Waals surface area contributed by atoms with Gasteiger partial charge in [-0.2, -0.15) is 0 Å². The lowest BCUT2D eigenvalue weighted by molar-refractivity contribution is -0.140. The van der Waals surface area contributed by atoms with Crippen LogP contribution in [-0.4, -0.2) is 43.8 Å². The number of hydrogen-bond donors (Lipinski definition) is 1. The predicted octanol–water partition coefficient (Wildman–Crippen LogP) is 8.07. The smallest absolute Gasteiger partial charge is 0.264 e. The van der Waals surface area contributed by atoms with Crippen molar-refractivity contribution in [1.29, 1.82) is 0 Å². The molecular formula is C43H45N3O5S. The van der Waals surface area contributed by atoms with Gasteiger partial charge in [-0.25, -0.2) is 8.42 Å². The maximum absolute atomic E-state index is 14.8. The number of sulfonamides is 1. The van der Waals surface area contributed by atoms with Crippen molar-refractivity contribution in [2.75, 3.05) is 10.8 Å². The molecule has 0 spiro atoms. The van der Waals surface area contributed by atoms with Crippen molar-refractivity contribution in [3.8, 4) is 11.5 Å². The molecular weight excluding hydrogens is 671 g/mol. The van der Waals surface area contributed by atoms with Gasteiger partial charge in [-0.1, -0.05) is 116 Å². The summed E-state index contributed by atoms with van der Waals surface area (Å²) in [4.78, 5) is 30.7. The van der Waals surface area contributed by atoms with Crippen LogP contribution in [0.2, 0.25) is 0 Å². The van der Waals surface area contributed by atoms with Gasteiger partial charge < -0.3 is 15.0 Å². The van der Waals surface area contributed by atoms with E-state index < -0.39 is 28.5 Å². The van der Waals surface area contributed by atoms with Crippen LogP contribution in [0.15, 0.2) is 144 Å². The summed E-state index contributed by atoms with van der Waals surface area (Å²) in [6.07, 6.45) is 5.28. The molecule has 52 heavy (non-hydrogen) atoms. The van der Waals surface area contributed by atoms with E-state index in [2.05, 4.69) is 5.32 Å². The third kappa shape index (κ3) is 9.47. The van der Waals surface area contributed by atoms with Crippen molar-refractivity contribution in [3.63, 3.8) is 0 Å². The molecule has 0 aliphatic heterocycles. The van der Waals surface area contributed by atoms with E-state index in [1.165, 1.54) is 0 Å². The van der Waals surface area contributed by atoms with E-state index in [1.807, 2.05) is 97.9 Å². The Balaban J connectivity index is 1.37. The van der Waals surface area contributed by atoms with Crippen molar-refractivity contribution in [2.45, 2.75) is 69.0 Å². The number of amides is 2. The lowest BCUT2D eigenvalue weighted by Crippen LogP contribution is -2.55. The third-order valence-corrected chi connectivity index (χ3v) is 11.2. The number of para-hydroxylation sites is 1. The molecule has 1 unspecified atom stereocenters. The average Bonchev–Trinajstić information content (AvgIpc) is 3.17. The fourth-order valence-electron chi connectivity index (χ4n) is 6.55. The highest BCUT2D eigenvalue weighted by Gasteiger charge is 2.35. The molecule has 1 aliphatic carbocycles. The molecule has 1 atom stereocenters. The van der Waals surface area contributed by atoms with Gasteiger partial charge in [-0.15, -0.1) is 0 Å². The maximum Gasteiger partial charge on any atom is 0.264 e. The van der Waals surface area contributed by atoms with Crippen molar-refractivity contribution >= 4 is 27.5 Å². The summed E-state index contributed by atoms with van der Waals surface area (Å²) in [6, 6.07) is 40.8. The lowest BCUT2D eigenvalue weighted by atomic mass is 9.94. The van der Waals surface area contributed by atoms with Crippen molar-refractivity contribution < 1.29 is 22.7 Å². The first-order chi connectivity index (χ1) is 25.3. The zero-order valence-electron chi connectivity index (χ0n) is 29.4. The summed E-state index contributed by atoms with van der Waals surface area (Å²) in [5.74, 6) is 0.420. The molecule has 5 aromatic carbocycles. The molecule has 9 heteroatoms. The van der Waals surface area contributed by atoms with Crippen LogP contribution in [0.1, 0.15) is 48.8 Å². The van der Waals surface area contributed by atoms with Crippen molar-refractivity contribution in [2.24, 2.45) is 0 Å². The molecule has 8 nitrogen and oxygen atoms in total. The minimum atomic E-state index is -4.23. The van der Waals surface area contributed by atoms with E-state index in [0.29, 0.717) is 17.2 Å². The van der Waals surface area contributed by atoms with Gasteiger partial charge in [0.05, 0.1) is 10.6 Å². The Hall–Kier alpha value is -5.41. The monoisotopic (exact) mass is 715 g/mol. The van der Waals surface area contributed by atoms with Gasteiger partial charge in [-0.3, -0.25) is 13.9 Å². The van der Waals surface area contributed by atoms with Crippen molar-refractivity contribution in [3.05, 3.63) is 156 Å². The van der Waals surface area contributed by atoms with Gasteiger partial charge in [0.1, 0.15) is 24.1 Å². The van der Waals surface area contributed by atoms with Crippen LogP contribution in [0.5, 0.6) is 11.5 Å². The van der Waals surface area contributed by atoms with Crippen LogP contribution in [0.3, 0.4) is 0 Å². The standard InChI is InChI=1S/C43H45N3O5S/c1-33-22-28-40(29-23-33)52(49,50)46(37-24-26-39(27-25-37)51-38-20-12-5-13-21-38)32-42(47)45(31-35-16-8-3-9-17-35)41(30-34-14-6-2-7-15-34)43(48)44-36-18-10-4-11-19-36/h2-3,5-9,12-17,20-29,36,41H,4,10-11,18-19,30-32H2,1H3,(H,44,48). The number of carbonyl (C=O) groups excluding carboxylic acids is 2. The molecule has 268 valence electrons. The van der Waals surface area contributed by atoms with Gasteiger partial charge >= 0.3 is 0 Å². The average molecular weight is 716 g/mol. The first kappa shape index (κ1) is 36.4. The van der Waals surface area contributed by atoms with Crippen LogP contribution in [0.25, 0.3) is 0 Å². The second kappa shape index (κ2) is 17.2. The molecule has 0 bridgehead atoms. The highest BCUT2D eigenvalue weighted by Crippen LogP contribution is 2.29. The van der Waals surface area contributed by atoms with Crippen LogP contribution in [0, 0.1) is 6.92 Å². The fourth-order valence-corrected chi connectivity index (χ4v) is 7.96. The molecule has 0 heterocycles. The van der Waals surface area contributed by atoms with E-state index >= 15 is 0 Å². The number of benzene rings is 5. The van der Waals surface area contributed by atoms with Crippen LogP contribution < -0.4 is 14.4 Å². The SMILES string of the molecule is Cc1ccc(S(=O)(=O)N(CC(=O)N(Cc2ccccc2)C(Cc2ccccc2)C(=O)NC2CCCCC2)c2ccc(Oc3ccccc3)cc2)cc1. The highest BCUT2D eigenvalue weighted by atomic mass is 32.2. The molecule has 5 aromatic rings. The molecule has 2 amide bonds. The Morgan fingerprint density at radius 3 is 1.88 bits per heavy atom. The van der Waals surface area contributed by atoms with E-state index in [0.717, 1.165) is 53.1 Å². The minimum Gasteiger partial charge on any atom is -0.457 e. The number of ether oxygens (including phenoxy) is 1. The maximum atomic E-state index is 14.8. The van der Waals surface area contributed by atoms with Gasteiger partial charge in [-0.05, 0) is 79.4 Å². The van der Waals surface area contributed by atoms with E-state index in [-0.39, 0.29) is 29.8 Å². The van der Waals surface area contributed by atoms with Crippen LogP contribution in [0.4, 0.5) is 5.69 Å². The highest BCUT2D eigenvalue weighted by molar-refractivity contribution is 7.92. The minimum absolute atomic E-state index is 0.0308. The molecule has 0 saturated heterocycles. The van der Waals surface area contributed by atoms with E-state index in [9.17, 15) is 18.0 Å². The predicted molar refractivity (Wildman–Crippen MR) is 205 cm³/mol. The number of hydrogen-bond acceptors (Lipinski definition) is 5. The third-order valence-electron chi connectivity index (χ3n) is 9.41. The Bertz CT molecular complexity index is 2000. The van der Waals surface area contributed by atoms with Gasteiger partial charge in [0.15, 0.2) is 0 Å². The summed E-state index contributed by atoms with van der Waals surface area (Å²) >= 11 is 0. The first-order valence-electron chi connectivity index (χ1n) is 17.9. The summed E-state index contributed by atoms with van der Waals surface area (Å²) in [5.41, 5.74) is 2.93. The largest absolute Gasteiger partial charge is 0.457 e. The second-order valence-electron chi connectivity index (χ2n) is 13.3. The number of nitrogens with one attached hydrogen (secondary N) is 1. The van der Waals surface area contributed by atoms with E-state index in [4.69, 9.17) is 4.74 Å². The van der Waals surface area contributed by atoms with Crippen LogP contribution in [-0.2, 0) is 32.6 Å². The molecule has 1 saturated carbocycles. The van der Waals surface area contributed by atoms with Crippen LogP contribution >= 0.6 is 0 Å². The normalized spacial score (nSPS) is 13.9. The molecule has 1 fully saturated rings. The Morgan fingerprint density at radius 1 is 0.712 bits per heavy atom. The number of rotatable bonds is 14. The van der Waals surface area contributed by atoms with Gasteiger partial charge in [0.25, 0.3) is 10.0 Å². The number of aryl methyl sites for hydroxylation is 1. The molecule has 1 aliphatic rings. The number of nitrogens with zero attached hydrogens (tertiary/aromatic N) is 2. The second-order valence-corrected chi connectivity index (χ2v) is 15.2. The summed E-state index contributed by atoms with van der Waals surface area (Å²) < 4.78 is 36.0. The van der Waals surface area contributed by atoms with Gasteiger partial charge in [0, 0.05) is 19.0 Å². The first-order valence-corrected chi connectivity index (χ1v) is 19.3. The lowest BCUT2D eigenvalue weighted by Gasteiger charge is -2.35. The van der Waals surface area contributed by atoms with Gasteiger partial charge in [0.2, 0.25) is 11.8 Å². The number of carbonyl (C=O) groups is 2. The Kier molecular flexibility index (Phi) is 12.0. The number of anilines is 1. The molecule has 6 rings (SSSR count).